The van der Waals surface area contributed by atoms with E-state index in [0.29, 0.717) is 0 Å². The summed E-state index contributed by atoms with van der Waals surface area (Å²) in [6, 6.07) is 10.8. The van der Waals surface area contributed by atoms with E-state index in [1.165, 1.54) is 44.1 Å². The third kappa shape index (κ3) is 8.08. The summed E-state index contributed by atoms with van der Waals surface area (Å²) in [6.45, 7) is 1.06. The lowest BCUT2D eigenvalue weighted by atomic mass is 10.1. The van der Waals surface area contributed by atoms with Crippen molar-refractivity contribution < 1.29 is 0 Å². The zero-order valence-corrected chi connectivity index (χ0v) is 11.9. The Balaban J connectivity index is 1.92. The van der Waals surface area contributed by atoms with Gasteiger partial charge in [-0.1, -0.05) is 55.3 Å². The summed E-state index contributed by atoms with van der Waals surface area (Å²) in [7, 11) is 4.21. The predicted molar refractivity (Wildman–Crippen MR) is 80.9 cm³/mol. The maximum absolute atomic E-state index is 2.32. The number of likely N-dealkylation sites (N-methyl/N-ethyl adjacent to an activating group) is 1. The zero-order chi connectivity index (χ0) is 13.1. The van der Waals surface area contributed by atoms with Crippen LogP contribution in [0.4, 0.5) is 0 Å². The Morgan fingerprint density at radius 3 is 2.33 bits per heavy atom. The molecule has 0 saturated heterocycles. The van der Waals surface area contributed by atoms with Crippen LogP contribution in [0.3, 0.4) is 0 Å². The molecule has 1 nitrogen and oxygen atoms in total. The summed E-state index contributed by atoms with van der Waals surface area (Å²) in [6.07, 6.45) is 12.4. The van der Waals surface area contributed by atoms with Crippen LogP contribution in [-0.4, -0.2) is 25.5 Å². The Kier molecular flexibility index (Phi) is 8.24. The van der Waals surface area contributed by atoms with Gasteiger partial charge in [-0.2, -0.15) is 0 Å². The van der Waals surface area contributed by atoms with E-state index < -0.39 is 0 Å². The Labute approximate surface area is 113 Å². The molecule has 0 aliphatic rings. The molecule has 0 N–H and O–H groups in total. The van der Waals surface area contributed by atoms with E-state index in [9.17, 15) is 0 Å². The Bertz CT molecular complexity index is 314. The van der Waals surface area contributed by atoms with Gasteiger partial charge in [0.15, 0.2) is 0 Å². The van der Waals surface area contributed by atoms with E-state index in [0.717, 1.165) is 6.54 Å². The van der Waals surface area contributed by atoms with Gasteiger partial charge in [-0.05, 0) is 45.3 Å². The minimum absolute atomic E-state index is 1.06. The molecule has 0 aliphatic heterocycles. The number of hydrogen-bond acceptors (Lipinski definition) is 1. The molecule has 0 unspecified atom stereocenters. The van der Waals surface area contributed by atoms with Crippen LogP contribution < -0.4 is 0 Å². The van der Waals surface area contributed by atoms with Crippen LogP contribution in [0, 0.1) is 0 Å². The van der Waals surface area contributed by atoms with Gasteiger partial charge in [-0.3, -0.25) is 0 Å². The van der Waals surface area contributed by atoms with Crippen LogP contribution in [0.25, 0.3) is 0 Å². The highest BCUT2D eigenvalue weighted by molar-refractivity contribution is 5.14. The molecule has 0 aliphatic carbocycles. The van der Waals surface area contributed by atoms with Crippen molar-refractivity contribution in [2.75, 3.05) is 20.6 Å². The van der Waals surface area contributed by atoms with Gasteiger partial charge in [0.05, 0.1) is 0 Å². The second-order valence-electron chi connectivity index (χ2n) is 5.17. The molecule has 0 aromatic heterocycles. The first-order valence-electron chi connectivity index (χ1n) is 7.12. The fourth-order valence-electron chi connectivity index (χ4n) is 1.99. The van der Waals surface area contributed by atoms with Gasteiger partial charge in [0, 0.05) is 6.54 Å². The highest BCUT2D eigenvalue weighted by Crippen LogP contribution is 2.08. The smallest absolute Gasteiger partial charge is 0.0157 e. The maximum Gasteiger partial charge on any atom is 0.0157 e. The van der Waals surface area contributed by atoms with Crippen molar-refractivity contribution >= 4 is 0 Å². The lowest BCUT2D eigenvalue weighted by Crippen LogP contribution is -2.10. The molecule has 0 fully saturated rings. The molecule has 0 bridgehead atoms. The van der Waals surface area contributed by atoms with Crippen molar-refractivity contribution in [1.29, 1.82) is 0 Å². The summed E-state index contributed by atoms with van der Waals surface area (Å²) in [5, 5.41) is 0. The van der Waals surface area contributed by atoms with Crippen molar-refractivity contribution in [2.24, 2.45) is 0 Å². The second kappa shape index (κ2) is 9.90. The topological polar surface area (TPSA) is 3.24 Å². The third-order valence-electron chi connectivity index (χ3n) is 3.07. The van der Waals surface area contributed by atoms with Crippen molar-refractivity contribution in [3.05, 3.63) is 48.0 Å². The number of benzene rings is 1. The highest BCUT2D eigenvalue weighted by atomic mass is 15.0. The highest BCUT2D eigenvalue weighted by Gasteiger charge is 1.92. The standard InChI is InChI=1S/C17H27N/c1-18(2)16-12-7-5-3-4-6-9-13-17-14-10-8-11-15-17/h7-8,10-12,14-15H,3-6,9,13,16H2,1-2H3/b12-7+. The van der Waals surface area contributed by atoms with Crippen LogP contribution >= 0.6 is 0 Å². The first-order valence-corrected chi connectivity index (χ1v) is 7.12. The number of allylic oxidation sites excluding steroid dienone is 1. The third-order valence-corrected chi connectivity index (χ3v) is 3.07. The van der Waals surface area contributed by atoms with Crippen LogP contribution in [0.15, 0.2) is 42.5 Å². The molecule has 100 valence electrons. The normalized spacial score (nSPS) is 11.5. The largest absolute Gasteiger partial charge is 0.306 e. The summed E-state index contributed by atoms with van der Waals surface area (Å²) in [5.41, 5.74) is 1.48. The Hall–Kier alpha value is -1.08. The summed E-state index contributed by atoms with van der Waals surface area (Å²) in [5.74, 6) is 0. The molecule has 1 aromatic rings. The molecule has 0 atom stereocenters. The predicted octanol–water partition coefficient (Wildman–Crippen LogP) is 4.30. The van der Waals surface area contributed by atoms with Crippen molar-refractivity contribution in [2.45, 2.75) is 38.5 Å². The van der Waals surface area contributed by atoms with Crippen LogP contribution in [0.5, 0.6) is 0 Å². The second-order valence-corrected chi connectivity index (χ2v) is 5.17. The molecule has 0 heterocycles. The molecule has 0 saturated carbocycles. The van der Waals surface area contributed by atoms with E-state index in [4.69, 9.17) is 0 Å². The Morgan fingerprint density at radius 2 is 1.61 bits per heavy atom. The van der Waals surface area contributed by atoms with Gasteiger partial charge >= 0.3 is 0 Å². The summed E-state index contributed by atoms with van der Waals surface area (Å²) >= 11 is 0. The molecular formula is C17H27N. The quantitative estimate of drug-likeness (QED) is 0.463. The van der Waals surface area contributed by atoms with Crippen LogP contribution in [-0.2, 0) is 6.42 Å². The minimum atomic E-state index is 1.06. The molecule has 1 heteroatoms. The van der Waals surface area contributed by atoms with E-state index in [-0.39, 0.29) is 0 Å². The molecule has 0 spiro atoms. The van der Waals surface area contributed by atoms with Crippen LogP contribution in [0.2, 0.25) is 0 Å². The van der Waals surface area contributed by atoms with E-state index in [2.05, 4.69) is 61.5 Å². The van der Waals surface area contributed by atoms with Gasteiger partial charge in [0.2, 0.25) is 0 Å². The molecule has 0 amide bonds. The average Bonchev–Trinajstić information content (AvgIpc) is 2.37. The number of rotatable bonds is 9. The van der Waals surface area contributed by atoms with Gasteiger partial charge in [-0.15, -0.1) is 0 Å². The number of aryl methyl sites for hydroxylation is 1. The molecule has 1 rings (SSSR count). The number of hydrogen-bond donors (Lipinski definition) is 0. The first-order chi connectivity index (χ1) is 8.79. The average molecular weight is 245 g/mol. The SMILES string of the molecule is CN(C)C/C=C/CCCCCCc1ccccc1. The van der Waals surface area contributed by atoms with E-state index in [1.54, 1.807) is 0 Å². The lowest BCUT2D eigenvalue weighted by Gasteiger charge is -2.03. The maximum atomic E-state index is 2.32. The summed E-state index contributed by atoms with van der Waals surface area (Å²) < 4.78 is 0. The van der Waals surface area contributed by atoms with Gasteiger partial charge in [0.1, 0.15) is 0 Å². The molecule has 1 aromatic carbocycles. The number of nitrogens with zero attached hydrogens (tertiary/aromatic N) is 1. The van der Waals surface area contributed by atoms with Crippen molar-refractivity contribution in [1.82, 2.24) is 4.90 Å². The first kappa shape index (κ1) is 15.0. The fraction of sp³-hybridized carbons (Fsp3) is 0.529. The summed E-state index contributed by atoms with van der Waals surface area (Å²) in [4.78, 5) is 2.19. The lowest BCUT2D eigenvalue weighted by molar-refractivity contribution is 0.456. The van der Waals surface area contributed by atoms with Gasteiger partial charge in [-0.25, -0.2) is 0 Å². The zero-order valence-electron chi connectivity index (χ0n) is 11.9. The fourth-order valence-corrected chi connectivity index (χ4v) is 1.99. The monoisotopic (exact) mass is 245 g/mol. The van der Waals surface area contributed by atoms with E-state index in [1.807, 2.05) is 0 Å². The van der Waals surface area contributed by atoms with Crippen molar-refractivity contribution in [3.8, 4) is 0 Å². The minimum Gasteiger partial charge on any atom is -0.306 e. The molecular weight excluding hydrogens is 218 g/mol. The van der Waals surface area contributed by atoms with Crippen molar-refractivity contribution in [3.63, 3.8) is 0 Å². The molecule has 0 radical (unpaired) electrons. The van der Waals surface area contributed by atoms with Crippen LogP contribution in [0.1, 0.15) is 37.7 Å². The van der Waals surface area contributed by atoms with E-state index >= 15 is 0 Å². The number of unbranched alkanes of at least 4 members (excludes halogenated alkanes) is 4. The van der Waals surface area contributed by atoms with Gasteiger partial charge < -0.3 is 4.90 Å². The molecule has 18 heavy (non-hydrogen) atoms. The Morgan fingerprint density at radius 1 is 0.889 bits per heavy atom. The van der Waals surface area contributed by atoms with Gasteiger partial charge in [0.25, 0.3) is 0 Å².